The minimum Gasteiger partial charge on any atom is -0.309 e. The average Bonchev–Trinajstić information content (AvgIpc) is 2.59. The molecule has 23 heavy (non-hydrogen) atoms. The number of rotatable bonds is 3. The zero-order valence-electron chi connectivity index (χ0n) is 13.4. The Labute approximate surface area is 140 Å². The molecule has 0 N–H and O–H groups in total. The van der Waals surface area contributed by atoms with E-state index in [1.54, 1.807) is 0 Å². The van der Waals surface area contributed by atoms with E-state index in [4.69, 9.17) is 0 Å². The van der Waals surface area contributed by atoms with Gasteiger partial charge >= 0.3 is 0 Å². The van der Waals surface area contributed by atoms with Crippen molar-refractivity contribution in [3.63, 3.8) is 0 Å². The van der Waals surface area contributed by atoms with Crippen LogP contribution in [-0.2, 0) is 4.57 Å². The van der Waals surface area contributed by atoms with E-state index in [0.29, 0.717) is 0 Å². The molecular weight excluding hydrogens is 318 g/mol. The topological polar surface area (TPSA) is 17.1 Å². The molecule has 0 aliphatic carbocycles. The first-order valence-corrected chi connectivity index (χ1v) is 9.90. The summed E-state index contributed by atoms with van der Waals surface area (Å²) in [4.78, 5) is 0. The van der Waals surface area contributed by atoms with Crippen LogP contribution in [0.3, 0.4) is 0 Å². The molecule has 0 aliphatic rings. The SMILES string of the molecule is Cc1cc(P)c(P(=O)(c2ccccc2)c2ccccc2)cc1C. The zero-order valence-corrected chi connectivity index (χ0v) is 15.4. The lowest BCUT2D eigenvalue weighted by Gasteiger charge is -2.22. The molecule has 0 heterocycles. The number of hydrogen-bond acceptors (Lipinski definition) is 1. The van der Waals surface area contributed by atoms with Crippen molar-refractivity contribution in [3.05, 3.63) is 83.9 Å². The van der Waals surface area contributed by atoms with E-state index in [2.05, 4.69) is 35.2 Å². The largest absolute Gasteiger partial charge is 0.309 e. The van der Waals surface area contributed by atoms with Gasteiger partial charge in [0.1, 0.15) is 0 Å². The molecule has 1 nitrogen and oxygen atoms in total. The summed E-state index contributed by atoms with van der Waals surface area (Å²) in [5.74, 6) is 0. The number of aryl methyl sites for hydroxylation is 2. The Morgan fingerprint density at radius 3 is 1.65 bits per heavy atom. The van der Waals surface area contributed by atoms with E-state index in [0.717, 1.165) is 21.2 Å². The summed E-state index contributed by atoms with van der Waals surface area (Å²) in [5, 5.41) is 3.66. The molecular formula is C20H20OP2. The summed E-state index contributed by atoms with van der Waals surface area (Å²) in [7, 11) is -0.122. The van der Waals surface area contributed by atoms with E-state index < -0.39 is 7.14 Å². The molecule has 0 aromatic heterocycles. The van der Waals surface area contributed by atoms with Gasteiger partial charge in [-0.2, -0.15) is 0 Å². The first-order valence-electron chi connectivity index (χ1n) is 7.62. The zero-order chi connectivity index (χ0) is 16.4. The lowest BCUT2D eigenvalue weighted by atomic mass is 10.1. The number of hydrogen-bond donors (Lipinski definition) is 0. The number of benzene rings is 3. The van der Waals surface area contributed by atoms with Gasteiger partial charge in [0.2, 0.25) is 0 Å². The van der Waals surface area contributed by atoms with Crippen molar-refractivity contribution in [3.8, 4) is 0 Å². The van der Waals surface area contributed by atoms with Gasteiger partial charge in [-0.3, -0.25) is 0 Å². The quantitative estimate of drug-likeness (QED) is 0.669. The molecule has 0 spiro atoms. The Hall–Kier alpha value is -1.68. The Morgan fingerprint density at radius 1 is 0.739 bits per heavy atom. The summed E-state index contributed by atoms with van der Waals surface area (Å²) < 4.78 is 14.3. The molecule has 0 fully saturated rings. The third kappa shape index (κ3) is 2.92. The standard InChI is InChI=1S/C20H20OP2/c1-15-13-19(22)20(14-16(15)2)23(21,17-9-5-3-6-10-17)18-11-7-4-8-12-18/h3-14H,22H2,1-2H3. The molecule has 0 bridgehead atoms. The fourth-order valence-electron chi connectivity index (χ4n) is 2.80. The first-order chi connectivity index (χ1) is 11.0. The molecule has 116 valence electrons. The molecule has 0 saturated carbocycles. The maximum atomic E-state index is 14.3. The molecule has 0 aliphatic heterocycles. The van der Waals surface area contributed by atoms with Gasteiger partial charge in [-0.25, -0.2) is 0 Å². The molecule has 0 saturated heterocycles. The van der Waals surface area contributed by atoms with Crippen LogP contribution in [0, 0.1) is 13.8 Å². The summed E-state index contributed by atoms with van der Waals surface area (Å²) >= 11 is 0. The van der Waals surface area contributed by atoms with Crippen LogP contribution in [0.15, 0.2) is 72.8 Å². The minimum atomic E-state index is -2.88. The van der Waals surface area contributed by atoms with Crippen LogP contribution in [0.1, 0.15) is 11.1 Å². The Kier molecular flexibility index (Phi) is 4.53. The fraction of sp³-hybridized carbons (Fsp3) is 0.100. The van der Waals surface area contributed by atoms with Gasteiger partial charge in [0.15, 0.2) is 7.14 Å². The van der Waals surface area contributed by atoms with Gasteiger partial charge < -0.3 is 4.57 Å². The molecule has 1 atom stereocenters. The van der Waals surface area contributed by atoms with Crippen LogP contribution in [0.2, 0.25) is 0 Å². The maximum absolute atomic E-state index is 14.3. The van der Waals surface area contributed by atoms with Crippen molar-refractivity contribution in [1.29, 1.82) is 0 Å². The molecule has 3 heteroatoms. The van der Waals surface area contributed by atoms with Crippen LogP contribution >= 0.6 is 16.4 Å². The van der Waals surface area contributed by atoms with Crippen molar-refractivity contribution in [2.75, 3.05) is 0 Å². The Balaban J connectivity index is 2.35. The van der Waals surface area contributed by atoms with Crippen LogP contribution in [-0.4, -0.2) is 0 Å². The molecule has 0 amide bonds. The molecule has 0 radical (unpaired) electrons. The predicted octanol–water partition coefficient (Wildman–Crippen LogP) is 3.44. The van der Waals surface area contributed by atoms with Crippen LogP contribution in [0.5, 0.6) is 0 Å². The second-order valence-corrected chi connectivity index (χ2v) is 9.13. The van der Waals surface area contributed by atoms with Gasteiger partial charge in [-0.15, -0.1) is 9.24 Å². The summed E-state index contributed by atoms with van der Waals surface area (Å²) in [5.41, 5.74) is 2.38. The van der Waals surface area contributed by atoms with Crippen LogP contribution in [0.25, 0.3) is 0 Å². The minimum absolute atomic E-state index is 0.873. The van der Waals surface area contributed by atoms with Gasteiger partial charge in [-0.1, -0.05) is 66.7 Å². The molecule has 1 unspecified atom stereocenters. The highest BCUT2D eigenvalue weighted by Crippen LogP contribution is 2.42. The lowest BCUT2D eigenvalue weighted by Crippen LogP contribution is -2.32. The lowest BCUT2D eigenvalue weighted by molar-refractivity contribution is 0.592. The normalized spacial score (nSPS) is 11.4. The van der Waals surface area contributed by atoms with Crippen molar-refractivity contribution in [1.82, 2.24) is 0 Å². The van der Waals surface area contributed by atoms with E-state index in [9.17, 15) is 4.57 Å². The Bertz CT molecular complexity index is 827. The van der Waals surface area contributed by atoms with Gasteiger partial charge in [0.25, 0.3) is 0 Å². The van der Waals surface area contributed by atoms with Gasteiger partial charge in [-0.05, 0) is 36.3 Å². The van der Waals surface area contributed by atoms with Crippen LogP contribution < -0.4 is 21.2 Å². The van der Waals surface area contributed by atoms with Crippen molar-refractivity contribution in [2.24, 2.45) is 0 Å². The molecule has 3 aromatic rings. The average molecular weight is 338 g/mol. The second kappa shape index (κ2) is 6.44. The highest BCUT2D eigenvalue weighted by atomic mass is 31.2. The maximum Gasteiger partial charge on any atom is 0.171 e. The highest BCUT2D eigenvalue weighted by Gasteiger charge is 2.31. The van der Waals surface area contributed by atoms with Crippen molar-refractivity contribution < 1.29 is 4.57 Å². The smallest absolute Gasteiger partial charge is 0.171 e. The van der Waals surface area contributed by atoms with E-state index in [1.165, 1.54) is 11.1 Å². The summed E-state index contributed by atoms with van der Waals surface area (Å²) in [6, 6.07) is 23.8. The first kappa shape index (κ1) is 16.2. The molecule has 3 aromatic carbocycles. The third-order valence-electron chi connectivity index (χ3n) is 4.22. The van der Waals surface area contributed by atoms with Gasteiger partial charge in [0.05, 0.1) is 0 Å². The predicted molar refractivity (Wildman–Crippen MR) is 105 cm³/mol. The van der Waals surface area contributed by atoms with E-state index in [1.807, 2.05) is 60.7 Å². The van der Waals surface area contributed by atoms with Crippen molar-refractivity contribution >= 4 is 37.6 Å². The summed E-state index contributed by atoms with van der Waals surface area (Å²) in [6.07, 6.45) is 0. The van der Waals surface area contributed by atoms with Crippen molar-refractivity contribution in [2.45, 2.75) is 13.8 Å². The second-order valence-electron chi connectivity index (χ2n) is 5.78. The highest BCUT2D eigenvalue weighted by molar-refractivity contribution is 7.86. The fourth-order valence-corrected chi connectivity index (χ4v) is 6.52. The van der Waals surface area contributed by atoms with Crippen LogP contribution in [0.4, 0.5) is 0 Å². The summed E-state index contributed by atoms with van der Waals surface area (Å²) in [6.45, 7) is 4.16. The van der Waals surface area contributed by atoms with Gasteiger partial charge in [0, 0.05) is 15.9 Å². The monoisotopic (exact) mass is 338 g/mol. The van der Waals surface area contributed by atoms with E-state index >= 15 is 0 Å². The molecule has 3 rings (SSSR count). The van der Waals surface area contributed by atoms with E-state index in [-0.39, 0.29) is 0 Å². The third-order valence-corrected chi connectivity index (χ3v) is 8.06. The Morgan fingerprint density at radius 2 is 1.17 bits per heavy atom.